The zero-order chi connectivity index (χ0) is 17.9. The zero-order valence-electron chi connectivity index (χ0n) is 12.3. The van der Waals surface area contributed by atoms with E-state index in [1.807, 2.05) is 0 Å². The molecule has 0 heterocycles. The molecular weight excluding hydrogens is 320 g/mol. The molecule has 2 rings (SSSR count). The molecule has 9 heteroatoms. The Balaban J connectivity index is 2.27. The van der Waals surface area contributed by atoms with Crippen LogP contribution >= 0.6 is 0 Å². The molecule has 0 saturated heterocycles. The van der Waals surface area contributed by atoms with Crippen LogP contribution in [0.15, 0.2) is 36.4 Å². The lowest BCUT2D eigenvalue weighted by Gasteiger charge is -2.08. The molecule has 0 radical (unpaired) electrons. The molecule has 0 bridgehead atoms. The van der Waals surface area contributed by atoms with Crippen LogP contribution in [0.5, 0.6) is 11.5 Å². The van der Waals surface area contributed by atoms with Gasteiger partial charge in [0.25, 0.3) is 5.91 Å². The number of anilines is 1. The van der Waals surface area contributed by atoms with Gasteiger partial charge in [0, 0.05) is 23.4 Å². The van der Waals surface area contributed by atoms with Crippen LogP contribution in [0.1, 0.15) is 20.7 Å². The monoisotopic (exact) mass is 332 g/mol. The summed E-state index contributed by atoms with van der Waals surface area (Å²) in [4.78, 5) is 33.2. The van der Waals surface area contributed by atoms with Crippen LogP contribution in [0.2, 0.25) is 0 Å². The smallest absolute Gasteiger partial charge is 0.339 e. The first-order valence-electron chi connectivity index (χ1n) is 6.53. The van der Waals surface area contributed by atoms with Crippen molar-refractivity contribution in [2.75, 3.05) is 12.4 Å². The van der Waals surface area contributed by atoms with Gasteiger partial charge in [-0.2, -0.15) is 0 Å². The summed E-state index contributed by atoms with van der Waals surface area (Å²) >= 11 is 0. The van der Waals surface area contributed by atoms with E-state index in [1.54, 1.807) is 0 Å². The normalized spacial score (nSPS) is 10.0. The van der Waals surface area contributed by atoms with Gasteiger partial charge in [0.15, 0.2) is 5.75 Å². The van der Waals surface area contributed by atoms with E-state index in [2.05, 4.69) is 5.32 Å². The van der Waals surface area contributed by atoms with E-state index in [4.69, 9.17) is 9.84 Å². The summed E-state index contributed by atoms with van der Waals surface area (Å²) in [7, 11) is 1.27. The number of hydrogen-bond donors (Lipinski definition) is 3. The molecule has 24 heavy (non-hydrogen) atoms. The fourth-order valence-electron chi connectivity index (χ4n) is 1.97. The molecule has 124 valence electrons. The van der Waals surface area contributed by atoms with Gasteiger partial charge < -0.3 is 20.3 Å². The Morgan fingerprint density at radius 1 is 1.21 bits per heavy atom. The number of carbonyl (C=O) groups is 2. The zero-order valence-corrected chi connectivity index (χ0v) is 12.3. The average Bonchev–Trinajstić information content (AvgIpc) is 2.53. The molecule has 0 saturated carbocycles. The Morgan fingerprint density at radius 2 is 1.92 bits per heavy atom. The molecule has 0 atom stereocenters. The molecule has 1 amide bonds. The first-order chi connectivity index (χ1) is 11.3. The van der Waals surface area contributed by atoms with Crippen molar-refractivity contribution < 1.29 is 29.5 Å². The van der Waals surface area contributed by atoms with Gasteiger partial charge in [0.2, 0.25) is 0 Å². The highest BCUT2D eigenvalue weighted by Gasteiger charge is 2.18. The van der Waals surface area contributed by atoms with Gasteiger partial charge in [-0.25, -0.2) is 4.79 Å². The number of carboxylic acid groups (broad SMARTS) is 1. The van der Waals surface area contributed by atoms with Gasteiger partial charge in [-0.15, -0.1) is 0 Å². The van der Waals surface area contributed by atoms with Gasteiger partial charge >= 0.3 is 11.7 Å². The molecule has 0 aliphatic heterocycles. The summed E-state index contributed by atoms with van der Waals surface area (Å²) in [5.41, 5.74) is -0.535. The van der Waals surface area contributed by atoms with Crippen LogP contribution in [0.4, 0.5) is 11.4 Å². The first kappa shape index (κ1) is 16.7. The molecule has 0 unspecified atom stereocenters. The van der Waals surface area contributed by atoms with E-state index in [0.29, 0.717) is 0 Å². The van der Waals surface area contributed by atoms with Crippen molar-refractivity contribution in [1.29, 1.82) is 0 Å². The number of carboxylic acids is 1. The molecule has 0 aliphatic carbocycles. The molecule has 0 fully saturated rings. The highest BCUT2D eigenvalue weighted by molar-refractivity contribution is 6.05. The van der Waals surface area contributed by atoms with Gasteiger partial charge in [-0.05, 0) is 24.3 Å². The Morgan fingerprint density at radius 3 is 2.46 bits per heavy atom. The summed E-state index contributed by atoms with van der Waals surface area (Å²) in [5, 5.41) is 31.8. The summed E-state index contributed by atoms with van der Waals surface area (Å²) in [6, 6.07) is 7.17. The Bertz CT molecular complexity index is 833. The largest absolute Gasteiger partial charge is 0.507 e. The van der Waals surface area contributed by atoms with Crippen molar-refractivity contribution in [3.8, 4) is 11.5 Å². The number of nitro groups is 1. The Kier molecular flexibility index (Phi) is 4.64. The van der Waals surface area contributed by atoms with Crippen molar-refractivity contribution in [2.45, 2.75) is 0 Å². The lowest BCUT2D eigenvalue weighted by molar-refractivity contribution is -0.385. The second kappa shape index (κ2) is 6.65. The maximum Gasteiger partial charge on any atom is 0.339 e. The number of amides is 1. The van der Waals surface area contributed by atoms with E-state index in [9.17, 15) is 24.8 Å². The van der Waals surface area contributed by atoms with E-state index in [1.165, 1.54) is 25.3 Å². The molecule has 0 aliphatic rings. The summed E-state index contributed by atoms with van der Waals surface area (Å²) in [6.07, 6.45) is 0. The van der Waals surface area contributed by atoms with Crippen molar-refractivity contribution in [1.82, 2.24) is 0 Å². The van der Waals surface area contributed by atoms with E-state index in [-0.39, 0.29) is 28.3 Å². The molecule has 3 N–H and O–H groups in total. The number of nitrogens with zero attached hydrogens (tertiary/aromatic N) is 1. The van der Waals surface area contributed by atoms with E-state index >= 15 is 0 Å². The summed E-state index contributed by atoms with van der Waals surface area (Å²) in [6.45, 7) is 0. The number of nitro benzene ring substituents is 1. The van der Waals surface area contributed by atoms with Crippen LogP contribution in [-0.2, 0) is 0 Å². The van der Waals surface area contributed by atoms with Crippen LogP contribution < -0.4 is 10.1 Å². The standard InChI is InChI=1S/C15H12N2O7/c1-24-13-5-2-8(6-11(13)17(22)23)14(19)16-9-3-4-10(15(20)21)12(18)7-9/h2-7,18H,1H3,(H,16,19)(H,20,21). The van der Waals surface area contributed by atoms with Gasteiger partial charge in [0.1, 0.15) is 11.3 Å². The molecule has 0 aromatic heterocycles. The average molecular weight is 332 g/mol. The van der Waals surface area contributed by atoms with Crippen LogP contribution in [0.25, 0.3) is 0 Å². The topological polar surface area (TPSA) is 139 Å². The van der Waals surface area contributed by atoms with Crippen LogP contribution in [0.3, 0.4) is 0 Å². The minimum atomic E-state index is -1.31. The van der Waals surface area contributed by atoms with Crippen molar-refractivity contribution in [3.05, 3.63) is 57.6 Å². The molecule has 0 spiro atoms. The SMILES string of the molecule is COc1ccc(C(=O)Nc2ccc(C(=O)O)c(O)c2)cc1[N+](=O)[O-]. The summed E-state index contributed by atoms with van der Waals surface area (Å²) in [5.74, 6) is -2.47. The first-order valence-corrected chi connectivity index (χ1v) is 6.53. The summed E-state index contributed by atoms with van der Waals surface area (Å²) < 4.78 is 4.85. The predicted octanol–water partition coefficient (Wildman–Crippen LogP) is 2.26. The van der Waals surface area contributed by atoms with Gasteiger partial charge in [-0.3, -0.25) is 14.9 Å². The third-order valence-corrected chi connectivity index (χ3v) is 3.12. The lowest BCUT2D eigenvalue weighted by Crippen LogP contribution is -2.12. The van der Waals surface area contributed by atoms with Crippen molar-refractivity contribution in [3.63, 3.8) is 0 Å². The Hall–Kier alpha value is -3.62. The number of benzene rings is 2. The van der Waals surface area contributed by atoms with E-state index < -0.39 is 22.5 Å². The van der Waals surface area contributed by atoms with Crippen LogP contribution in [0, 0.1) is 10.1 Å². The number of hydrogen-bond acceptors (Lipinski definition) is 6. The minimum Gasteiger partial charge on any atom is -0.507 e. The number of aromatic hydroxyl groups is 1. The predicted molar refractivity (Wildman–Crippen MR) is 82.7 cm³/mol. The number of nitrogens with one attached hydrogen (secondary N) is 1. The lowest BCUT2D eigenvalue weighted by atomic mass is 10.1. The molecule has 9 nitrogen and oxygen atoms in total. The fourth-order valence-corrected chi connectivity index (χ4v) is 1.97. The third-order valence-electron chi connectivity index (χ3n) is 3.12. The minimum absolute atomic E-state index is 0.00398. The number of aromatic carboxylic acids is 1. The Labute approximate surface area is 135 Å². The van der Waals surface area contributed by atoms with Crippen molar-refractivity contribution in [2.24, 2.45) is 0 Å². The van der Waals surface area contributed by atoms with Gasteiger partial charge in [-0.1, -0.05) is 0 Å². The molecule has 2 aromatic carbocycles. The number of rotatable bonds is 5. The second-order valence-electron chi connectivity index (χ2n) is 4.63. The quantitative estimate of drug-likeness (QED) is 0.563. The highest BCUT2D eigenvalue weighted by atomic mass is 16.6. The maximum absolute atomic E-state index is 12.1. The number of methoxy groups -OCH3 is 1. The third kappa shape index (κ3) is 3.40. The molecule has 2 aromatic rings. The molecular formula is C15H12N2O7. The number of phenols is 1. The van der Waals surface area contributed by atoms with E-state index in [0.717, 1.165) is 18.2 Å². The second-order valence-corrected chi connectivity index (χ2v) is 4.63. The maximum atomic E-state index is 12.1. The van der Waals surface area contributed by atoms with Gasteiger partial charge in [0.05, 0.1) is 12.0 Å². The van der Waals surface area contributed by atoms with Crippen molar-refractivity contribution >= 4 is 23.3 Å². The highest BCUT2D eigenvalue weighted by Crippen LogP contribution is 2.28. The fraction of sp³-hybridized carbons (Fsp3) is 0.0667. The number of ether oxygens (including phenoxy) is 1. The number of carbonyl (C=O) groups excluding carboxylic acids is 1. The van der Waals surface area contributed by atoms with Crippen LogP contribution in [-0.4, -0.2) is 34.1 Å².